The van der Waals surface area contributed by atoms with Gasteiger partial charge in [-0.1, -0.05) is 32.9 Å². The van der Waals surface area contributed by atoms with Crippen LogP contribution in [-0.4, -0.2) is 36.3 Å². The number of hydrogen-bond donors (Lipinski definition) is 3. The summed E-state index contributed by atoms with van der Waals surface area (Å²) < 4.78 is 5.52. The van der Waals surface area contributed by atoms with E-state index in [1.54, 1.807) is 0 Å². The van der Waals surface area contributed by atoms with E-state index >= 15 is 0 Å². The van der Waals surface area contributed by atoms with Crippen LogP contribution in [0.4, 0.5) is 0 Å². The van der Waals surface area contributed by atoms with Gasteiger partial charge < -0.3 is 20.5 Å². The van der Waals surface area contributed by atoms with Crippen LogP contribution < -0.4 is 15.4 Å². The van der Waals surface area contributed by atoms with Gasteiger partial charge in [-0.3, -0.25) is 4.79 Å². The molecule has 0 aliphatic rings. The second-order valence-corrected chi connectivity index (χ2v) is 5.30. The highest BCUT2D eigenvalue weighted by Gasteiger charge is 2.06. The van der Waals surface area contributed by atoms with Gasteiger partial charge in [0.2, 0.25) is 5.91 Å². The molecule has 5 heteroatoms. The molecule has 1 aromatic rings. The third-order valence-corrected chi connectivity index (χ3v) is 2.94. The maximum atomic E-state index is 11.2. The summed E-state index contributed by atoms with van der Waals surface area (Å²) in [5.74, 6) is 0.750. The van der Waals surface area contributed by atoms with Gasteiger partial charge >= 0.3 is 0 Å². The van der Waals surface area contributed by atoms with Gasteiger partial charge in [0.15, 0.2) is 0 Å². The molecule has 1 atom stereocenters. The van der Waals surface area contributed by atoms with Gasteiger partial charge in [0.1, 0.15) is 18.5 Å². The first-order valence-electron chi connectivity index (χ1n) is 7.41. The Morgan fingerprint density at radius 1 is 1.29 bits per heavy atom. The van der Waals surface area contributed by atoms with Crippen molar-refractivity contribution in [3.05, 3.63) is 29.8 Å². The van der Waals surface area contributed by atoms with Crippen LogP contribution in [0.1, 0.15) is 32.8 Å². The molecule has 0 saturated heterocycles. The van der Waals surface area contributed by atoms with E-state index in [-0.39, 0.29) is 12.5 Å². The first kappa shape index (κ1) is 17.5. The molecule has 0 fully saturated rings. The number of nitrogens with one attached hydrogen (secondary N) is 2. The van der Waals surface area contributed by atoms with Crippen LogP contribution >= 0.6 is 0 Å². The Balaban J connectivity index is 2.32. The minimum absolute atomic E-state index is 0.0381. The van der Waals surface area contributed by atoms with E-state index in [0.717, 1.165) is 5.56 Å². The first-order chi connectivity index (χ1) is 10.0. The summed E-state index contributed by atoms with van der Waals surface area (Å²) in [7, 11) is 0. The zero-order chi connectivity index (χ0) is 15.7. The molecule has 0 saturated carbocycles. The Hall–Kier alpha value is -1.59. The van der Waals surface area contributed by atoms with Crippen molar-refractivity contribution < 1.29 is 14.6 Å². The van der Waals surface area contributed by atoms with Gasteiger partial charge in [0.25, 0.3) is 0 Å². The highest BCUT2D eigenvalue weighted by Crippen LogP contribution is 2.12. The standard InChI is InChI=1S/C16H26N2O3/c1-4-16(20)18-9-13-5-7-15(8-6-13)21-11-14(19)10-17-12(2)3/h5-8,12,14,17,19H,4,9-11H2,1-3H3,(H,18,20)/t14-/m0/s1. The molecule has 5 nitrogen and oxygen atoms in total. The van der Waals surface area contributed by atoms with E-state index < -0.39 is 6.10 Å². The predicted octanol–water partition coefficient (Wildman–Crippen LogP) is 1.45. The van der Waals surface area contributed by atoms with Crippen molar-refractivity contribution in [2.24, 2.45) is 0 Å². The molecule has 21 heavy (non-hydrogen) atoms. The molecular formula is C16H26N2O3. The Morgan fingerprint density at radius 2 is 1.95 bits per heavy atom. The number of hydrogen-bond acceptors (Lipinski definition) is 4. The maximum absolute atomic E-state index is 11.2. The van der Waals surface area contributed by atoms with Crippen LogP contribution in [0, 0.1) is 0 Å². The monoisotopic (exact) mass is 294 g/mol. The second-order valence-electron chi connectivity index (χ2n) is 5.30. The molecule has 0 heterocycles. The van der Waals surface area contributed by atoms with Crippen LogP contribution in [0.15, 0.2) is 24.3 Å². The van der Waals surface area contributed by atoms with E-state index in [1.807, 2.05) is 45.0 Å². The number of aliphatic hydroxyl groups excluding tert-OH is 1. The van der Waals surface area contributed by atoms with Crippen molar-refractivity contribution in [1.29, 1.82) is 0 Å². The molecule has 0 aromatic heterocycles. The molecule has 118 valence electrons. The predicted molar refractivity (Wildman–Crippen MR) is 83.2 cm³/mol. The Bertz CT molecular complexity index is 418. The summed E-state index contributed by atoms with van der Waals surface area (Å²) in [4.78, 5) is 11.2. The highest BCUT2D eigenvalue weighted by molar-refractivity contribution is 5.75. The average molecular weight is 294 g/mol. The van der Waals surface area contributed by atoms with Crippen LogP contribution in [0.2, 0.25) is 0 Å². The number of ether oxygens (including phenoxy) is 1. The lowest BCUT2D eigenvalue weighted by Crippen LogP contribution is -2.35. The molecule has 1 rings (SSSR count). The third kappa shape index (κ3) is 7.68. The van der Waals surface area contributed by atoms with E-state index in [0.29, 0.717) is 31.3 Å². The van der Waals surface area contributed by atoms with E-state index in [9.17, 15) is 9.90 Å². The van der Waals surface area contributed by atoms with Gasteiger partial charge in [-0.15, -0.1) is 0 Å². The Kier molecular flexibility index (Phi) is 7.79. The lowest BCUT2D eigenvalue weighted by atomic mass is 10.2. The van der Waals surface area contributed by atoms with Crippen LogP contribution in [0.3, 0.4) is 0 Å². The molecule has 1 aromatic carbocycles. The number of carbonyl (C=O) groups excluding carboxylic acids is 1. The van der Waals surface area contributed by atoms with Gasteiger partial charge in [0.05, 0.1) is 0 Å². The molecule has 0 unspecified atom stereocenters. The molecular weight excluding hydrogens is 268 g/mol. The minimum atomic E-state index is -0.532. The summed E-state index contributed by atoms with van der Waals surface area (Å²) >= 11 is 0. The molecule has 0 aliphatic carbocycles. The van der Waals surface area contributed by atoms with Crippen LogP contribution in [0.25, 0.3) is 0 Å². The largest absolute Gasteiger partial charge is 0.491 e. The lowest BCUT2D eigenvalue weighted by molar-refractivity contribution is -0.120. The first-order valence-corrected chi connectivity index (χ1v) is 7.41. The summed E-state index contributed by atoms with van der Waals surface area (Å²) in [5.41, 5.74) is 1.02. The average Bonchev–Trinajstić information content (AvgIpc) is 2.49. The van der Waals surface area contributed by atoms with Gasteiger partial charge in [-0.2, -0.15) is 0 Å². The van der Waals surface area contributed by atoms with Crippen molar-refractivity contribution in [3.63, 3.8) is 0 Å². The maximum Gasteiger partial charge on any atom is 0.219 e. The van der Waals surface area contributed by atoms with Crippen molar-refractivity contribution in [2.45, 2.75) is 45.9 Å². The van der Waals surface area contributed by atoms with Crippen molar-refractivity contribution in [3.8, 4) is 5.75 Å². The van der Waals surface area contributed by atoms with Crippen molar-refractivity contribution in [1.82, 2.24) is 10.6 Å². The Morgan fingerprint density at radius 3 is 2.52 bits per heavy atom. The van der Waals surface area contributed by atoms with Gasteiger partial charge in [0, 0.05) is 25.6 Å². The van der Waals surface area contributed by atoms with E-state index in [2.05, 4.69) is 10.6 Å². The van der Waals surface area contributed by atoms with E-state index in [1.165, 1.54) is 0 Å². The fraction of sp³-hybridized carbons (Fsp3) is 0.562. The fourth-order valence-electron chi connectivity index (χ4n) is 1.65. The van der Waals surface area contributed by atoms with Gasteiger partial charge in [-0.05, 0) is 17.7 Å². The van der Waals surface area contributed by atoms with Crippen LogP contribution in [-0.2, 0) is 11.3 Å². The smallest absolute Gasteiger partial charge is 0.219 e. The summed E-state index contributed by atoms with van der Waals surface area (Å²) in [6, 6.07) is 7.84. The van der Waals surface area contributed by atoms with E-state index in [4.69, 9.17) is 4.74 Å². The molecule has 0 aliphatic heterocycles. The zero-order valence-corrected chi connectivity index (χ0v) is 13.1. The van der Waals surface area contributed by atoms with Crippen molar-refractivity contribution >= 4 is 5.91 Å². The molecule has 0 spiro atoms. The second kappa shape index (κ2) is 9.37. The summed E-state index contributed by atoms with van der Waals surface area (Å²) in [6.45, 7) is 7.18. The summed E-state index contributed by atoms with van der Waals surface area (Å²) in [6.07, 6.45) is -0.0420. The number of amides is 1. The van der Waals surface area contributed by atoms with Crippen molar-refractivity contribution in [2.75, 3.05) is 13.2 Å². The fourth-order valence-corrected chi connectivity index (χ4v) is 1.65. The quantitative estimate of drug-likeness (QED) is 0.645. The topological polar surface area (TPSA) is 70.6 Å². The Labute approximate surface area is 126 Å². The molecule has 3 N–H and O–H groups in total. The SMILES string of the molecule is CCC(=O)NCc1ccc(OC[C@@H](O)CNC(C)C)cc1. The highest BCUT2D eigenvalue weighted by atomic mass is 16.5. The molecule has 1 amide bonds. The lowest BCUT2D eigenvalue weighted by Gasteiger charge is -2.15. The number of rotatable bonds is 9. The number of benzene rings is 1. The summed E-state index contributed by atoms with van der Waals surface area (Å²) in [5, 5.41) is 15.7. The minimum Gasteiger partial charge on any atom is -0.491 e. The number of aliphatic hydroxyl groups is 1. The third-order valence-electron chi connectivity index (χ3n) is 2.94. The van der Waals surface area contributed by atoms with Crippen LogP contribution in [0.5, 0.6) is 5.75 Å². The normalized spacial score (nSPS) is 12.2. The molecule has 0 bridgehead atoms. The molecule has 0 radical (unpaired) electrons. The number of carbonyl (C=O) groups is 1. The zero-order valence-electron chi connectivity index (χ0n) is 13.1. The van der Waals surface area contributed by atoms with Gasteiger partial charge in [-0.25, -0.2) is 0 Å².